The van der Waals surface area contributed by atoms with E-state index in [2.05, 4.69) is 29.5 Å². The van der Waals surface area contributed by atoms with Crippen LogP contribution in [0.5, 0.6) is 11.5 Å². The molecular weight excluding hydrogens is 264 g/mol. The van der Waals surface area contributed by atoms with Crippen molar-refractivity contribution in [3.8, 4) is 11.5 Å². The zero-order chi connectivity index (χ0) is 14.8. The average molecular weight is 282 g/mol. The van der Waals surface area contributed by atoms with Gasteiger partial charge in [-0.15, -0.1) is 0 Å². The average Bonchev–Trinajstić information content (AvgIpc) is 2.83. The Morgan fingerprint density at radius 3 is 2.81 bits per heavy atom. The molecular formula is C17H18N2O2. The number of fused-ring (bicyclic) bond motifs is 1. The molecule has 1 aromatic carbocycles. The van der Waals surface area contributed by atoms with Gasteiger partial charge in [0.2, 0.25) is 0 Å². The van der Waals surface area contributed by atoms with E-state index in [4.69, 9.17) is 4.74 Å². The fraction of sp³-hybridized carbons (Fsp3) is 0.235. The van der Waals surface area contributed by atoms with Crippen LogP contribution in [0.1, 0.15) is 25.6 Å². The smallest absolute Gasteiger partial charge is 0.138 e. The highest BCUT2D eigenvalue weighted by atomic mass is 16.5. The Labute approximate surface area is 123 Å². The van der Waals surface area contributed by atoms with Gasteiger partial charge >= 0.3 is 0 Å². The lowest BCUT2D eigenvalue weighted by Gasteiger charge is -2.15. The molecule has 2 heterocycles. The number of ether oxygens (including phenoxy) is 1. The second kappa shape index (κ2) is 5.48. The molecule has 0 aliphatic rings. The summed E-state index contributed by atoms with van der Waals surface area (Å²) in [5, 5.41) is 10.6. The molecule has 0 unspecified atom stereocenters. The molecule has 0 radical (unpaired) electrons. The molecule has 0 atom stereocenters. The van der Waals surface area contributed by atoms with Crippen molar-refractivity contribution >= 4 is 10.9 Å². The van der Waals surface area contributed by atoms with E-state index in [1.54, 1.807) is 24.5 Å². The van der Waals surface area contributed by atoms with Crippen LogP contribution in [-0.4, -0.2) is 14.7 Å². The maximum Gasteiger partial charge on any atom is 0.138 e. The predicted octanol–water partition coefficient (Wildman–Crippen LogP) is 3.90. The zero-order valence-electron chi connectivity index (χ0n) is 12.2. The number of aromatic nitrogens is 2. The first-order valence-electron chi connectivity index (χ1n) is 7.01. The molecule has 0 aliphatic heterocycles. The molecule has 2 aromatic heterocycles. The highest BCUT2D eigenvalue weighted by Crippen LogP contribution is 2.27. The van der Waals surface area contributed by atoms with E-state index in [1.165, 1.54) is 0 Å². The van der Waals surface area contributed by atoms with E-state index in [0.717, 1.165) is 22.3 Å². The number of nitrogens with zero attached hydrogens (tertiary/aromatic N) is 2. The normalized spacial score (nSPS) is 11.2. The third-order valence-electron chi connectivity index (χ3n) is 3.44. The number of aromatic hydroxyl groups is 1. The molecule has 0 aliphatic carbocycles. The number of phenolic OH excluding ortho intramolecular Hbond substituents is 1. The van der Waals surface area contributed by atoms with Gasteiger partial charge < -0.3 is 14.4 Å². The Kier molecular flexibility index (Phi) is 3.52. The molecule has 4 heteroatoms. The fourth-order valence-electron chi connectivity index (χ4n) is 2.59. The second-order valence-corrected chi connectivity index (χ2v) is 5.32. The summed E-state index contributed by atoms with van der Waals surface area (Å²) < 4.78 is 8.02. The van der Waals surface area contributed by atoms with Crippen LogP contribution >= 0.6 is 0 Å². The van der Waals surface area contributed by atoms with Crippen LogP contribution in [0, 0.1) is 0 Å². The molecule has 0 fully saturated rings. The topological polar surface area (TPSA) is 47.3 Å². The Morgan fingerprint density at radius 2 is 2.10 bits per heavy atom. The fourth-order valence-corrected chi connectivity index (χ4v) is 2.59. The van der Waals surface area contributed by atoms with Gasteiger partial charge in [-0.25, -0.2) is 0 Å². The predicted molar refractivity (Wildman–Crippen MR) is 82.6 cm³/mol. The Morgan fingerprint density at radius 1 is 1.24 bits per heavy atom. The lowest BCUT2D eigenvalue weighted by Crippen LogP contribution is -2.08. The molecule has 0 spiro atoms. The van der Waals surface area contributed by atoms with Crippen LogP contribution < -0.4 is 4.74 Å². The maximum absolute atomic E-state index is 9.63. The van der Waals surface area contributed by atoms with Crippen molar-refractivity contribution in [1.82, 2.24) is 9.55 Å². The van der Waals surface area contributed by atoms with Crippen LogP contribution in [0.4, 0.5) is 0 Å². The SMILES string of the molecule is CC(C)n1c(COc2cccnc2)cc2cc(O)ccc21. The number of pyridine rings is 1. The van der Waals surface area contributed by atoms with Gasteiger partial charge in [0.1, 0.15) is 18.1 Å². The monoisotopic (exact) mass is 282 g/mol. The molecule has 3 rings (SSSR count). The van der Waals surface area contributed by atoms with Crippen molar-refractivity contribution in [2.45, 2.75) is 26.5 Å². The summed E-state index contributed by atoms with van der Waals surface area (Å²) >= 11 is 0. The van der Waals surface area contributed by atoms with Crippen LogP contribution in [0.2, 0.25) is 0 Å². The van der Waals surface area contributed by atoms with E-state index in [-0.39, 0.29) is 5.75 Å². The van der Waals surface area contributed by atoms with E-state index < -0.39 is 0 Å². The van der Waals surface area contributed by atoms with Crippen LogP contribution in [0.25, 0.3) is 10.9 Å². The van der Waals surface area contributed by atoms with Gasteiger partial charge in [0, 0.05) is 23.1 Å². The summed E-state index contributed by atoms with van der Waals surface area (Å²) in [4.78, 5) is 4.04. The lowest BCUT2D eigenvalue weighted by molar-refractivity contribution is 0.292. The highest BCUT2D eigenvalue weighted by molar-refractivity contribution is 5.83. The number of rotatable bonds is 4. The van der Waals surface area contributed by atoms with Gasteiger partial charge in [0.15, 0.2) is 0 Å². The van der Waals surface area contributed by atoms with Crippen LogP contribution in [-0.2, 0) is 6.61 Å². The third-order valence-corrected chi connectivity index (χ3v) is 3.44. The number of benzene rings is 1. The van der Waals surface area contributed by atoms with E-state index >= 15 is 0 Å². The molecule has 1 N–H and O–H groups in total. The largest absolute Gasteiger partial charge is 0.508 e. The van der Waals surface area contributed by atoms with Crippen molar-refractivity contribution in [2.24, 2.45) is 0 Å². The second-order valence-electron chi connectivity index (χ2n) is 5.32. The van der Waals surface area contributed by atoms with Crippen molar-refractivity contribution in [3.63, 3.8) is 0 Å². The van der Waals surface area contributed by atoms with E-state index in [1.807, 2.05) is 18.2 Å². The Balaban J connectivity index is 1.95. The minimum absolute atomic E-state index is 0.281. The Bertz CT molecular complexity index is 748. The molecule has 108 valence electrons. The molecule has 0 bridgehead atoms. The van der Waals surface area contributed by atoms with Crippen LogP contribution in [0.15, 0.2) is 48.8 Å². The van der Waals surface area contributed by atoms with Crippen molar-refractivity contribution in [2.75, 3.05) is 0 Å². The first kappa shape index (κ1) is 13.5. The highest BCUT2D eigenvalue weighted by Gasteiger charge is 2.12. The number of hydrogen-bond acceptors (Lipinski definition) is 3. The molecule has 21 heavy (non-hydrogen) atoms. The van der Waals surface area contributed by atoms with Crippen molar-refractivity contribution < 1.29 is 9.84 Å². The summed E-state index contributed by atoms with van der Waals surface area (Å²) in [6.45, 7) is 4.75. The molecule has 4 nitrogen and oxygen atoms in total. The number of hydrogen-bond donors (Lipinski definition) is 1. The van der Waals surface area contributed by atoms with Crippen molar-refractivity contribution in [3.05, 3.63) is 54.5 Å². The zero-order valence-corrected chi connectivity index (χ0v) is 12.2. The van der Waals surface area contributed by atoms with Gasteiger partial charge in [-0.2, -0.15) is 0 Å². The summed E-state index contributed by atoms with van der Waals surface area (Å²) in [5.41, 5.74) is 2.18. The standard InChI is InChI=1S/C17H18N2O2/c1-12(2)19-14(11-21-16-4-3-7-18-10-16)8-13-9-15(20)5-6-17(13)19/h3-10,12,20H,11H2,1-2H3. The van der Waals surface area contributed by atoms with Gasteiger partial charge in [-0.1, -0.05) is 0 Å². The van der Waals surface area contributed by atoms with Crippen molar-refractivity contribution in [1.29, 1.82) is 0 Å². The minimum atomic E-state index is 0.281. The van der Waals surface area contributed by atoms with E-state index in [0.29, 0.717) is 12.6 Å². The summed E-state index contributed by atoms with van der Waals surface area (Å²) in [7, 11) is 0. The maximum atomic E-state index is 9.63. The van der Waals surface area contributed by atoms with Gasteiger partial charge in [-0.05, 0) is 50.2 Å². The number of phenols is 1. The molecule has 0 amide bonds. The molecule has 0 saturated carbocycles. The van der Waals surface area contributed by atoms with Gasteiger partial charge in [0.25, 0.3) is 0 Å². The third kappa shape index (κ3) is 2.70. The summed E-state index contributed by atoms with van der Waals surface area (Å²) in [6.07, 6.45) is 3.43. The molecule has 0 saturated heterocycles. The Hall–Kier alpha value is -2.49. The summed E-state index contributed by atoms with van der Waals surface area (Å²) in [6, 6.07) is 11.6. The lowest BCUT2D eigenvalue weighted by atomic mass is 10.2. The minimum Gasteiger partial charge on any atom is -0.508 e. The first-order chi connectivity index (χ1) is 10.1. The molecule has 3 aromatic rings. The van der Waals surface area contributed by atoms with Gasteiger partial charge in [-0.3, -0.25) is 4.98 Å². The summed E-state index contributed by atoms with van der Waals surface area (Å²) in [5.74, 6) is 1.03. The quantitative estimate of drug-likeness (QED) is 0.789. The van der Waals surface area contributed by atoms with Gasteiger partial charge in [0.05, 0.1) is 11.9 Å². The first-order valence-corrected chi connectivity index (χ1v) is 7.01. The van der Waals surface area contributed by atoms with E-state index in [9.17, 15) is 5.11 Å². The van der Waals surface area contributed by atoms with Crippen LogP contribution in [0.3, 0.4) is 0 Å².